The summed E-state index contributed by atoms with van der Waals surface area (Å²) in [5.41, 5.74) is 2.75. The number of para-hydroxylation sites is 1. The number of esters is 1. The number of rotatable bonds is 7. The first-order valence-corrected chi connectivity index (χ1v) is 12.2. The third-order valence-corrected chi connectivity index (χ3v) is 7.24. The maximum absolute atomic E-state index is 12.7. The topological polar surface area (TPSA) is 164 Å². The van der Waals surface area contributed by atoms with Crippen molar-refractivity contribution in [1.82, 2.24) is 9.97 Å². The summed E-state index contributed by atoms with van der Waals surface area (Å²) in [5, 5.41) is 42.2. The predicted octanol–water partition coefficient (Wildman–Crippen LogP) is 0.907. The number of carbonyl (C=O) groups is 1. The van der Waals surface area contributed by atoms with E-state index in [1.54, 1.807) is 12.3 Å². The van der Waals surface area contributed by atoms with Crippen molar-refractivity contribution in [3.63, 3.8) is 0 Å². The summed E-state index contributed by atoms with van der Waals surface area (Å²) in [6.07, 6.45) is -3.61. The highest BCUT2D eigenvalue weighted by Crippen LogP contribution is 2.38. The number of H-pyrrole nitrogens is 1. The van der Waals surface area contributed by atoms with Crippen LogP contribution in [-0.4, -0.2) is 87.1 Å². The Morgan fingerprint density at radius 2 is 1.92 bits per heavy atom. The van der Waals surface area contributed by atoms with Crippen molar-refractivity contribution in [2.75, 3.05) is 13.7 Å². The van der Waals surface area contributed by atoms with Crippen molar-refractivity contribution in [3.05, 3.63) is 66.7 Å². The Bertz CT molecular complexity index is 1350. The van der Waals surface area contributed by atoms with Crippen molar-refractivity contribution in [3.8, 4) is 0 Å². The maximum Gasteiger partial charge on any atom is 0.337 e. The fourth-order valence-electron chi connectivity index (χ4n) is 5.18. The predicted molar refractivity (Wildman–Crippen MR) is 134 cm³/mol. The molecule has 38 heavy (non-hydrogen) atoms. The molecule has 3 aromatic rings. The second-order valence-corrected chi connectivity index (χ2v) is 9.38. The monoisotopic (exact) mass is 526 g/mol. The van der Waals surface area contributed by atoms with E-state index >= 15 is 0 Å². The number of fused-ring (bicyclic) bond motifs is 3. The van der Waals surface area contributed by atoms with Gasteiger partial charge in [0.2, 0.25) is 6.29 Å². The minimum Gasteiger partial charge on any atom is -0.471 e. The molecule has 2 aliphatic heterocycles. The van der Waals surface area contributed by atoms with Gasteiger partial charge in [-0.25, -0.2) is 4.79 Å². The number of aromatic nitrogens is 2. The van der Waals surface area contributed by atoms with Gasteiger partial charge in [0.15, 0.2) is 6.29 Å². The molecule has 202 valence electrons. The van der Waals surface area contributed by atoms with E-state index in [-0.39, 0.29) is 5.57 Å². The Balaban J connectivity index is 1.48. The number of aliphatic hydroxyl groups excluding tert-OH is 4. The first kappa shape index (κ1) is 26.3. The van der Waals surface area contributed by atoms with Crippen LogP contribution in [0, 0.1) is 11.8 Å². The molecule has 1 saturated heterocycles. The van der Waals surface area contributed by atoms with Crippen LogP contribution in [0.3, 0.4) is 0 Å². The Labute approximate surface area is 217 Å². The lowest BCUT2D eigenvalue weighted by molar-refractivity contribution is -0.339. The van der Waals surface area contributed by atoms with Crippen LogP contribution < -0.4 is 0 Å². The highest BCUT2D eigenvalue weighted by Gasteiger charge is 2.47. The Kier molecular flexibility index (Phi) is 7.48. The van der Waals surface area contributed by atoms with Crippen LogP contribution in [0.2, 0.25) is 0 Å². The van der Waals surface area contributed by atoms with Crippen LogP contribution in [0.5, 0.6) is 0 Å². The number of methoxy groups -OCH3 is 1. The molecule has 1 aromatic carbocycles. The molecule has 8 atom stereocenters. The first-order chi connectivity index (χ1) is 18.4. The normalized spacial score (nSPS) is 31.6. The molecule has 2 aliphatic rings. The van der Waals surface area contributed by atoms with Gasteiger partial charge in [-0.15, -0.1) is 6.58 Å². The molecule has 11 nitrogen and oxygen atoms in total. The third-order valence-electron chi connectivity index (χ3n) is 7.24. The molecule has 0 unspecified atom stereocenters. The fraction of sp³-hybridized carbons (Fsp3) is 0.407. The van der Waals surface area contributed by atoms with Crippen LogP contribution in [0.15, 0.2) is 61.0 Å². The number of nitrogens with zero attached hydrogens (tertiary/aromatic N) is 1. The Morgan fingerprint density at radius 1 is 1.13 bits per heavy atom. The molecule has 0 amide bonds. The SMILES string of the molecule is C=C[C@H]1[C@H](O[C@@H]2O[C@H](CO)[C@@H](O)[C@H](O)[C@H]2O)OC=C(C(=O)OC)[C@H]1Cc1nccc2c1[nH]c1ccccc12. The quantitative estimate of drug-likeness (QED) is 0.221. The van der Waals surface area contributed by atoms with E-state index in [1.807, 2.05) is 30.3 Å². The zero-order valence-corrected chi connectivity index (χ0v) is 20.6. The van der Waals surface area contributed by atoms with Gasteiger partial charge < -0.3 is 44.4 Å². The molecular formula is C27H30N2O9. The van der Waals surface area contributed by atoms with Gasteiger partial charge in [0.1, 0.15) is 24.4 Å². The summed E-state index contributed by atoms with van der Waals surface area (Å²) < 4.78 is 22.1. The van der Waals surface area contributed by atoms with E-state index in [0.717, 1.165) is 21.8 Å². The summed E-state index contributed by atoms with van der Waals surface area (Å²) in [4.78, 5) is 20.7. The van der Waals surface area contributed by atoms with E-state index < -0.39 is 61.4 Å². The number of nitrogens with one attached hydrogen (secondary N) is 1. The molecule has 0 radical (unpaired) electrons. The van der Waals surface area contributed by atoms with Gasteiger partial charge in [0.25, 0.3) is 0 Å². The Hall–Kier alpha value is -3.32. The molecule has 11 heteroatoms. The molecule has 0 saturated carbocycles. The van der Waals surface area contributed by atoms with Crippen LogP contribution in [-0.2, 0) is 30.2 Å². The second kappa shape index (κ2) is 10.8. The maximum atomic E-state index is 12.7. The van der Waals surface area contributed by atoms with Gasteiger partial charge in [0.05, 0.1) is 36.8 Å². The molecule has 5 N–H and O–H groups in total. The lowest BCUT2D eigenvalue weighted by Crippen LogP contribution is -2.60. The zero-order valence-electron chi connectivity index (χ0n) is 20.6. The van der Waals surface area contributed by atoms with E-state index in [9.17, 15) is 25.2 Å². The minimum absolute atomic E-state index is 0.251. The zero-order chi connectivity index (χ0) is 27.0. The van der Waals surface area contributed by atoms with E-state index in [2.05, 4.69) is 16.5 Å². The Morgan fingerprint density at radius 3 is 2.66 bits per heavy atom. The van der Waals surface area contributed by atoms with Crippen molar-refractivity contribution < 1.29 is 44.2 Å². The first-order valence-electron chi connectivity index (χ1n) is 12.2. The van der Waals surface area contributed by atoms with Gasteiger partial charge in [-0.3, -0.25) is 4.98 Å². The van der Waals surface area contributed by atoms with E-state index in [0.29, 0.717) is 12.1 Å². The van der Waals surface area contributed by atoms with Gasteiger partial charge in [-0.05, 0) is 18.6 Å². The summed E-state index contributed by atoms with van der Waals surface area (Å²) >= 11 is 0. The number of benzene rings is 1. The van der Waals surface area contributed by atoms with E-state index in [4.69, 9.17) is 18.9 Å². The average Bonchev–Trinajstić information content (AvgIpc) is 3.33. The molecule has 2 aromatic heterocycles. The highest BCUT2D eigenvalue weighted by atomic mass is 16.8. The number of aromatic amines is 1. The molecule has 0 bridgehead atoms. The summed E-state index contributed by atoms with van der Waals surface area (Å²) in [5.74, 6) is -1.77. The average molecular weight is 527 g/mol. The number of ether oxygens (including phenoxy) is 4. The summed E-state index contributed by atoms with van der Waals surface area (Å²) in [6.45, 7) is 3.31. The molecule has 0 spiro atoms. The fourth-order valence-corrected chi connectivity index (χ4v) is 5.18. The molecular weight excluding hydrogens is 496 g/mol. The van der Waals surface area contributed by atoms with Gasteiger partial charge in [-0.1, -0.05) is 24.3 Å². The van der Waals surface area contributed by atoms with Crippen LogP contribution in [0.1, 0.15) is 5.69 Å². The van der Waals surface area contributed by atoms with E-state index in [1.165, 1.54) is 13.4 Å². The molecule has 0 aliphatic carbocycles. The summed E-state index contributed by atoms with van der Waals surface area (Å²) in [7, 11) is 1.27. The van der Waals surface area contributed by atoms with Crippen molar-refractivity contribution in [2.24, 2.45) is 11.8 Å². The molecule has 1 fully saturated rings. The van der Waals surface area contributed by atoms with Crippen molar-refractivity contribution in [1.29, 1.82) is 0 Å². The van der Waals surface area contributed by atoms with Crippen molar-refractivity contribution >= 4 is 27.8 Å². The van der Waals surface area contributed by atoms with Crippen LogP contribution in [0.4, 0.5) is 0 Å². The number of hydrogen-bond acceptors (Lipinski definition) is 10. The third kappa shape index (κ3) is 4.57. The lowest BCUT2D eigenvalue weighted by atomic mass is 9.80. The number of aliphatic hydroxyl groups is 4. The highest BCUT2D eigenvalue weighted by molar-refractivity contribution is 6.07. The number of pyridine rings is 1. The standard InChI is InChI=1S/C27H30N2O9/c1-3-13-16(10-19-21-15(8-9-28-19)14-6-4-5-7-18(14)29-21)17(25(34)35-2)12-36-26(13)38-27-24(33)23(32)22(31)20(11-30)37-27/h3-9,12-13,16,20,22-24,26-27,29-33H,1,10-11H2,2H3/t13-,16+,20-,22-,23+,24-,26+,27+/m1/s1. The largest absolute Gasteiger partial charge is 0.471 e. The molecule has 5 rings (SSSR count). The van der Waals surface area contributed by atoms with Gasteiger partial charge in [-0.2, -0.15) is 0 Å². The minimum atomic E-state index is -1.62. The smallest absolute Gasteiger partial charge is 0.337 e. The lowest BCUT2D eigenvalue weighted by Gasteiger charge is -2.43. The molecule has 4 heterocycles. The van der Waals surface area contributed by atoms with Gasteiger partial charge in [0, 0.05) is 34.3 Å². The number of carbonyl (C=O) groups excluding carboxylic acids is 1. The second-order valence-electron chi connectivity index (χ2n) is 9.38. The van der Waals surface area contributed by atoms with Crippen LogP contribution >= 0.6 is 0 Å². The van der Waals surface area contributed by atoms with Gasteiger partial charge >= 0.3 is 5.97 Å². The van der Waals surface area contributed by atoms with Crippen LogP contribution in [0.25, 0.3) is 21.8 Å². The summed E-state index contributed by atoms with van der Waals surface area (Å²) in [6, 6.07) is 9.82. The number of hydrogen-bond donors (Lipinski definition) is 5. The van der Waals surface area contributed by atoms with Crippen molar-refractivity contribution in [2.45, 2.75) is 43.4 Å².